The second-order valence-electron chi connectivity index (χ2n) is 7.81. The van der Waals surface area contributed by atoms with Gasteiger partial charge < -0.3 is 4.57 Å². The highest BCUT2D eigenvalue weighted by molar-refractivity contribution is 7.17. The zero-order valence-electron chi connectivity index (χ0n) is 17.2. The Kier molecular flexibility index (Phi) is 4.38. The van der Waals surface area contributed by atoms with Crippen molar-refractivity contribution in [1.82, 2.24) is 4.57 Å². The smallest absolute Gasteiger partial charge is 0.0991 e. The molecule has 0 fully saturated rings. The number of rotatable bonds is 3. The number of fused-ring (bicyclic) bond motifs is 2. The summed E-state index contributed by atoms with van der Waals surface area (Å²) >= 11 is 1.77. The van der Waals surface area contributed by atoms with Gasteiger partial charge in [-0.3, -0.25) is 0 Å². The average molecular weight is 427 g/mol. The molecule has 4 aromatic carbocycles. The van der Waals surface area contributed by atoms with E-state index < -0.39 is 0 Å². The van der Waals surface area contributed by atoms with E-state index in [2.05, 4.69) is 94.9 Å². The summed E-state index contributed by atoms with van der Waals surface area (Å²) in [5.41, 5.74) is 7.64. The molecule has 0 amide bonds. The molecule has 6 aromatic rings. The van der Waals surface area contributed by atoms with Crippen molar-refractivity contribution in [1.29, 1.82) is 5.26 Å². The van der Waals surface area contributed by atoms with Crippen LogP contribution in [0.2, 0.25) is 0 Å². The van der Waals surface area contributed by atoms with Crippen LogP contribution in [0.3, 0.4) is 0 Å². The van der Waals surface area contributed by atoms with E-state index in [0.717, 1.165) is 11.3 Å². The van der Waals surface area contributed by atoms with E-state index in [0.29, 0.717) is 5.56 Å². The van der Waals surface area contributed by atoms with E-state index in [1.807, 2.05) is 24.3 Å². The maximum absolute atomic E-state index is 9.23. The van der Waals surface area contributed by atoms with Crippen molar-refractivity contribution in [3.63, 3.8) is 0 Å². The van der Waals surface area contributed by atoms with Gasteiger partial charge in [0, 0.05) is 5.39 Å². The first-order chi connectivity index (χ1) is 15.8. The molecule has 6 rings (SSSR count). The van der Waals surface area contributed by atoms with E-state index >= 15 is 0 Å². The molecule has 0 radical (unpaired) electrons. The third kappa shape index (κ3) is 3.01. The summed E-state index contributed by atoms with van der Waals surface area (Å²) in [5.74, 6) is 0. The number of thiophene rings is 1. The van der Waals surface area contributed by atoms with E-state index in [-0.39, 0.29) is 0 Å². The van der Waals surface area contributed by atoms with Crippen LogP contribution < -0.4 is 0 Å². The standard InChI is InChI=1S/C29H18N2S/c30-19-20-10-12-22(13-11-20)27-17-23-8-4-5-9-26(23)31(27)28-18-25(21-6-2-1-3-7-21)16-24-14-15-32-29(24)28/h1-18H. The van der Waals surface area contributed by atoms with Crippen LogP contribution >= 0.6 is 11.3 Å². The van der Waals surface area contributed by atoms with Gasteiger partial charge in [-0.05, 0) is 69.9 Å². The first-order valence-electron chi connectivity index (χ1n) is 10.5. The van der Waals surface area contributed by atoms with E-state index in [9.17, 15) is 5.26 Å². The van der Waals surface area contributed by atoms with Gasteiger partial charge in [-0.2, -0.15) is 5.26 Å². The Morgan fingerprint density at radius 1 is 0.656 bits per heavy atom. The van der Waals surface area contributed by atoms with Crippen molar-refractivity contribution in [3.8, 4) is 34.1 Å². The molecular weight excluding hydrogens is 408 g/mol. The normalized spacial score (nSPS) is 11.1. The topological polar surface area (TPSA) is 28.7 Å². The molecule has 0 atom stereocenters. The maximum Gasteiger partial charge on any atom is 0.0991 e. The minimum absolute atomic E-state index is 0.670. The Hall–Kier alpha value is -4.13. The molecule has 2 heterocycles. The predicted octanol–water partition coefficient (Wildman–Crippen LogP) is 8.05. The lowest BCUT2D eigenvalue weighted by Crippen LogP contribution is -1.98. The minimum atomic E-state index is 0.670. The van der Waals surface area contributed by atoms with Gasteiger partial charge in [0.15, 0.2) is 0 Å². The van der Waals surface area contributed by atoms with Crippen LogP contribution in [0.1, 0.15) is 5.56 Å². The van der Waals surface area contributed by atoms with Gasteiger partial charge in [0.25, 0.3) is 0 Å². The van der Waals surface area contributed by atoms with Gasteiger partial charge in [0.05, 0.1) is 33.2 Å². The van der Waals surface area contributed by atoms with Gasteiger partial charge in [-0.15, -0.1) is 11.3 Å². The van der Waals surface area contributed by atoms with E-state index in [4.69, 9.17) is 0 Å². The quantitative estimate of drug-likeness (QED) is 0.281. The van der Waals surface area contributed by atoms with Crippen LogP contribution in [0.15, 0.2) is 109 Å². The molecule has 0 saturated heterocycles. The van der Waals surface area contributed by atoms with Crippen LogP contribution in [0.25, 0.3) is 49.1 Å². The summed E-state index contributed by atoms with van der Waals surface area (Å²) in [6.07, 6.45) is 0. The first kappa shape index (κ1) is 18.6. The lowest BCUT2D eigenvalue weighted by atomic mass is 10.0. The summed E-state index contributed by atoms with van der Waals surface area (Å²) in [7, 11) is 0. The van der Waals surface area contributed by atoms with Crippen molar-refractivity contribution in [2.24, 2.45) is 0 Å². The number of nitrogens with zero attached hydrogens (tertiary/aromatic N) is 2. The van der Waals surface area contributed by atoms with Crippen molar-refractivity contribution in [2.45, 2.75) is 0 Å². The second-order valence-corrected chi connectivity index (χ2v) is 8.73. The van der Waals surface area contributed by atoms with Crippen molar-refractivity contribution >= 4 is 32.3 Å². The molecule has 0 aliphatic rings. The van der Waals surface area contributed by atoms with Crippen LogP contribution in [-0.2, 0) is 0 Å². The SMILES string of the molecule is N#Cc1ccc(-c2cc3ccccc3n2-c2cc(-c3ccccc3)cc3ccsc23)cc1. The first-order valence-corrected chi connectivity index (χ1v) is 11.4. The highest BCUT2D eigenvalue weighted by Gasteiger charge is 2.16. The van der Waals surface area contributed by atoms with E-state index in [1.165, 1.54) is 37.8 Å². The van der Waals surface area contributed by atoms with Crippen molar-refractivity contribution in [3.05, 3.63) is 114 Å². The van der Waals surface area contributed by atoms with Crippen LogP contribution in [0.4, 0.5) is 0 Å². The molecular formula is C29H18N2S. The van der Waals surface area contributed by atoms with Crippen molar-refractivity contribution < 1.29 is 0 Å². The highest BCUT2D eigenvalue weighted by Crippen LogP contribution is 2.39. The zero-order chi connectivity index (χ0) is 21.5. The van der Waals surface area contributed by atoms with Crippen molar-refractivity contribution in [2.75, 3.05) is 0 Å². The summed E-state index contributed by atoms with van der Waals surface area (Å²) in [5, 5.41) is 13.8. The van der Waals surface area contributed by atoms with Crippen LogP contribution in [0, 0.1) is 11.3 Å². The van der Waals surface area contributed by atoms with Gasteiger partial charge in [0.1, 0.15) is 0 Å². The molecule has 0 saturated carbocycles. The molecule has 0 N–H and O–H groups in total. The third-order valence-electron chi connectivity index (χ3n) is 5.90. The summed E-state index contributed by atoms with van der Waals surface area (Å²) in [4.78, 5) is 0. The van der Waals surface area contributed by atoms with Gasteiger partial charge >= 0.3 is 0 Å². The Labute approximate surface area is 190 Å². The Morgan fingerprint density at radius 2 is 1.44 bits per heavy atom. The number of nitriles is 1. The largest absolute Gasteiger partial charge is 0.308 e. The number of benzene rings is 4. The maximum atomic E-state index is 9.23. The highest BCUT2D eigenvalue weighted by atomic mass is 32.1. The lowest BCUT2D eigenvalue weighted by Gasteiger charge is -2.15. The van der Waals surface area contributed by atoms with Gasteiger partial charge in [-0.25, -0.2) is 0 Å². The Balaban J connectivity index is 1.68. The molecule has 0 bridgehead atoms. The van der Waals surface area contributed by atoms with Crippen LogP contribution in [-0.4, -0.2) is 4.57 Å². The molecule has 0 aliphatic carbocycles. The Bertz CT molecular complexity index is 1610. The number of para-hydroxylation sites is 1. The predicted molar refractivity (Wildman–Crippen MR) is 134 cm³/mol. The van der Waals surface area contributed by atoms with Crippen LogP contribution in [0.5, 0.6) is 0 Å². The van der Waals surface area contributed by atoms with Gasteiger partial charge in [-0.1, -0.05) is 60.7 Å². The monoisotopic (exact) mass is 426 g/mol. The summed E-state index contributed by atoms with van der Waals surface area (Å²) in [6, 6.07) is 38.1. The summed E-state index contributed by atoms with van der Waals surface area (Å²) < 4.78 is 3.63. The summed E-state index contributed by atoms with van der Waals surface area (Å²) in [6.45, 7) is 0. The molecule has 0 spiro atoms. The molecule has 150 valence electrons. The molecule has 32 heavy (non-hydrogen) atoms. The number of hydrogen-bond donors (Lipinski definition) is 0. The molecule has 2 aromatic heterocycles. The Morgan fingerprint density at radius 3 is 2.25 bits per heavy atom. The molecule has 0 aliphatic heterocycles. The van der Waals surface area contributed by atoms with E-state index in [1.54, 1.807) is 11.3 Å². The third-order valence-corrected chi connectivity index (χ3v) is 6.85. The fourth-order valence-corrected chi connectivity index (χ4v) is 5.25. The average Bonchev–Trinajstić information content (AvgIpc) is 3.49. The number of hydrogen-bond acceptors (Lipinski definition) is 2. The zero-order valence-corrected chi connectivity index (χ0v) is 18.0. The lowest BCUT2D eigenvalue weighted by molar-refractivity contribution is 1.15. The van der Waals surface area contributed by atoms with Gasteiger partial charge in [0.2, 0.25) is 0 Å². The molecule has 2 nitrogen and oxygen atoms in total. The molecule has 3 heteroatoms. The fourth-order valence-electron chi connectivity index (χ4n) is 4.37. The molecule has 0 unspecified atom stereocenters. The number of aromatic nitrogens is 1. The fraction of sp³-hybridized carbons (Fsp3) is 0. The minimum Gasteiger partial charge on any atom is -0.308 e. The second kappa shape index (κ2) is 7.53.